The first-order valence-electron chi connectivity index (χ1n) is 3.86. The molecule has 0 amide bonds. The first-order chi connectivity index (χ1) is 6.09. The highest BCUT2D eigenvalue weighted by Gasteiger charge is 2.11. The van der Waals surface area contributed by atoms with E-state index in [0.717, 1.165) is 5.56 Å². The molecule has 4 heteroatoms. The minimum atomic E-state index is -1.02. The van der Waals surface area contributed by atoms with Crippen LogP contribution in [-0.4, -0.2) is 22.2 Å². The number of carbonyl (C=O) groups is 1. The second-order valence-electron chi connectivity index (χ2n) is 2.82. The quantitative estimate of drug-likeness (QED) is 0.589. The van der Waals surface area contributed by atoms with Crippen LogP contribution in [0.2, 0.25) is 0 Å². The molecule has 1 rings (SSSR count). The van der Waals surface area contributed by atoms with Crippen molar-refractivity contribution in [2.45, 2.75) is 12.5 Å². The van der Waals surface area contributed by atoms with E-state index in [1.54, 1.807) is 12.1 Å². The third kappa shape index (κ3) is 2.76. The lowest BCUT2D eigenvalue weighted by molar-refractivity contribution is -0.138. The zero-order valence-electron chi connectivity index (χ0n) is 6.97. The van der Waals surface area contributed by atoms with Crippen LogP contribution in [0.3, 0.4) is 0 Å². The Kier molecular flexibility index (Phi) is 2.87. The van der Waals surface area contributed by atoms with Gasteiger partial charge in [0.05, 0.1) is 0 Å². The second-order valence-corrected chi connectivity index (χ2v) is 2.82. The van der Waals surface area contributed by atoms with E-state index in [2.05, 4.69) is 0 Å². The van der Waals surface area contributed by atoms with Crippen molar-refractivity contribution in [1.82, 2.24) is 0 Å². The average molecular weight is 182 g/mol. The van der Waals surface area contributed by atoms with Crippen LogP contribution >= 0.6 is 0 Å². The van der Waals surface area contributed by atoms with Crippen LogP contribution in [-0.2, 0) is 11.2 Å². The molecule has 0 saturated heterocycles. The van der Waals surface area contributed by atoms with Crippen molar-refractivity contribution < 1.29 is 15.0 Å². The fraction of sp³-hybridized carbons (Fsp3) is 0.222. The third-order valence-electron chi connectivity index (χ3n) is 1.71. The summed E-state index contributed by atoms with van der Waals surface area (Å²) in [5.41, 5.74) is 6.12. The highest BCUT2D eigenvalue weighted by Crippen LogP contribution is 2.10. The van der Waals surface area contributed by atoms with Gasteiger partial charge >= 0.3 is 5.97 Å². The average Bonchev–Trinajstić information content (AvgIpc) is 2.08. The molecular formula is C9H11NO3. The lowest BCUT2D eigenvalue weighted by Gasteiger charge is -2.05. The molecule has 1 aromatic carbocycles. The van der Waals surface area contributed by atoms with Gasteiger partial charge in [-0.1, -0.05) is 12.1 Å². The Morgan fingerprint density at radius 2 is 1.92 bits per heavy atom. The molecule has 70 valence electrons. The monoisotopic (exact) mass is 182 g/mol. The molecule has 4 nitrogen and oxygen atoms in total. The molecule has 0 aliphatic rings. The molecule has 13 heavy (non-hydrogen) atoms. The van der Waals surface area contributed by atoms with Crippen molar-refractivity contribution in [2.75, 3.05) is 0 Å². The van der Waals surface area contributed by atoms with E-state index in [9.17, 15) is 4.79 Å². The van der Waals surface area contributed by atoms with E-state index in [1.807, 2.05) is 0 Å². The fourth-order valence-electron chi connectivity index (χ4n) is 0.973. The number of carboxylic acid groups (broad SMARTS) is 1. The summed E-state index contributed by atoms with van der Waals surface area (Å²) in [5, 5.41) is 17.5. The zero-order valence-corrected chi connectivity index (χ0v) is 6.97. The normalized spacial score (nSPS) is 12.4. The summed E-state index contributed by atoms with van der Waals surface area (Å²) < 4.78 is 0. The maximum Gasteiger partial charge on any atom is 0.320 e. The minimum Gasteiger partial charge on any atom is -0.508 e. The van der Waals surface area contributed by atoms with Crippen LogP contribution in [0.5, 0.6) is 5.75 Å². The number of phenols is 1. The largest absolute Gasteiger partial charge is 0.508 e. The van der Waals surface area contributed by atoms with Crippen molar-refractivity contribution in [1.29, 1.82) is 0 Å². The Morgan fingerprint density at radius 1 is 1.38 bits per heavy atom. The molecule has 0 radical (unpaired) electrons. The summed E-state index contributed by atoms with van der Waals surface area (Å²) in [6.45, 7) is 0. The van der Waals surface area contributed by atoms with Crippen molar-refractivity contribution in [3.05, 3.63) is 29.8 Å². The summed E-state index contributed by atoms with van der Waals surface area (Å²) in [6, 6.07) is 5.42. The zero-order chi connectivity index (χ0) is 9.84. The molecule has 1 aromatic rings. The van der Waals surface area contributed by atoms with E-state index >= 15 is 0 Å². The third-order valence-corrected chi connectivity index (χ3v) is 1.71. The molecule has 0 aliphatic carbocycles. The number of aromatic hydroxyl groups is 1. The van der Waals surface area contributed by atoms with E-state index in [0.29, 0.717) is 0 Å². The van der Waals surface area contributed by atoms with Gasteiger partial charge in [0.1, 0.15) is 11.8 Å². The van der Waals surface area contributed by atoms with Gasteiger partial charge in [0, 0.05) is 0 Å². The van der Waals surface area contributed by atoms with Gasteiger partial charge in [-0.3, -0.25) is 4.79 Å². The maximum atomic E-state index is 10.4. The number of phenolic OH excluding ortho intramolecular Hbond substituents is 1. The maximum absolute atomic E-state index is 10.4. The van der Waals surface area contributed by atoms with Crippen molar-refractivity contribution in [3.63, 3.8) is 0 Å². The Bertz CT molecular complexity index is 294. The van der Waals surface area contributed by atoms with Gasteiger partial charge in [-0.15, -0.1) is 0 Å². The van der Waals surface area contributed by atoms with E-state index in [1.165, 1.54) is 12.1 Å². The molecule has 0 fully saturated rings. The molecule has 0 unspecified atom stereocenters. The van der Waals surface area contributed by atoms with Gasteiger partial charge in [0.15, 0.2) is 0 Å². The van der Waals surface area contributed by atoms with Gasteiger partial charge in [-0.2, -0.15) is 0 Å². The molecule has 0 aliphatic heterocycles. The molecule has 0 aromatic heterocycles. The van der Waals surface area contributed by atoms with Crippen LogP contribution in [0.15, 0.2) is 24.3 Å². The van der Waals surface area contributed by atoms with Gasteiger partial charge in [0.25, 0.3) is 0 Å². The summed E-state index contributed by atoms with van der Waals surface area (Å²) in [6.07, 6.45) is 0.273. The van der Waals surface area contributed by atoms with Crippen LogP contribution in [0.1, 0.15) is 5.56 Å². The molecular weight excluding hydrogens is 171 g/mol. The first kappa shape index (κ1) is 9.54. The van der Waals surface area contributed by atoms with Crippen LogP contribution in [0, 0.1) is 0 Å². The van der Waals surface area contributed by atoms with Crippen molar-refractivity contribution >= 4 is 5.97 Å². The number of carboxylic acids is 1. The van der Waals surface area contributed by atoms with E-state index in [4.69, 9.17) is 15.9 Å². The standard InChI is InChI=1S/C9H11NO3/c10-8(9(12)13)5-6-1-3-7(11)4-2-6/h1-4,8,11H,5,10H2,(H,12,13)/t8-/m0/s1/i10+1. The summed E-state index contributed by atoms with van der Waals surface area (Å²) in [4.78, 5) is 10.4. The van der Waals surface area contributed by atoms with Crippen LogP contribution in [0.4, 0.5) is 0 Å². The number of aliphatic carboxylic acids is 1. The summed E-state index contributed by atoms with van der Waals surface area (Å²) >= 11 is 0. The Morgan fingerprint density at radius 3 is 2.38 bits per heavy atom. The minimum absolute atomic E-state index is 0.160. The molecule has 4 N–H and O–H groups in total. The van der Waals surface area contributed by atoms with Gasteiger partial charge in [-0.25, -0.2) is 0 Å². The molecule has 0 saturated carbocycles. The summed E-state index contributed by atoms with van der Waals surface area (Å²) in [5.74, 6) is -0.860. The topological polar surface area (TPSA) is 83.5 Å². The van der Waals surface area contributed by atoms with E-state index in [-0.39, 0.29) is 12.2 Å². The second kappa shape index (κ2) is 3.91. The summed E-state index contributed by atoms with van der Waals surface area (Å²) in [7, 11) is 0. The predicted octanol–water partition coefficient (Wildman–Crippen LogP) is 0.347. The number of nitrogens with two attached hydrogens (primary N) is 1. The number of rotatable bonds is 3. The highest BCUT2D eigenvalue weighted by atomic mass is 16.4. The molecule has 0 heterocycles. The fourth-order valence-corrected chi connectivity index (χ4v) is 0.973. The molecule has 0 spiro atoms. The van der Waals surface area contributed by atoms with Crippen LogP contribution in [0.25, 0.3) is 0 Å². The molecule has 1 atom stereocenters. The first-order valence-corrected chi connectivity index (χ1v) is 3.86. The number of hydrogen-bond acceptors (Lipinski definition) is 3. The van der Waals surface area contributed by atoms with Gasteiger partial charge in [-0.05, 0) is 24.1 Å². The SMILES string of the molecule is [15NH2][C@@H](Cc1ccc(O)cc1)C(=O)O. The number of hydrogen-bond donors (Lipinski definition) is 3. The van der Waals surface area contributed by atoms with Gasteiger partial charge < -0.3 is 15.9 Å². The van der Waals surface area contributed by atoms with Crippen molar-refractivity contribution in [2.24, 2.45) is 5.73 Å². The molecule has 0 bridgehead atoms. The smallest absolute Gasteiger partial charge is 0.320 e. The van der Waals surface area contributed by atoms with E-state index < -0.39 is 12.0 Å². The highest BCUT2D eigenvalue weighted by molar-refractivity contribution is 5.73. The predicted molar refractivity (Wildman–Crippen MR) is 47.4 cm³/mol. The lowest BCUT2D eigenvalue weighted by atomic mass is 10.1. The van der Waals surface area contributed by atoms with Gasteiger partial charge in [0.2, 0.25) is 0 Å². The van der Waals surface area contributed by atoms with Crippen LogP contribution < -0.4 is 5.73 Å². The lowest BCUT2D eigenvalue weighted by Crippen LogP contribution is -2.32. The Balaban J connectivity index is 2.64. The number of benzene rings is 1. The Hall–Kier alpha value is -1.55. The van der Waals surface area contributed by atoms with Crippen molar-refractivity contribution in [3.8, 4) is 5.75 Å². The Labute approximate surface area is 75.6 Å².